The van der Waals surface area contributed by atoms with Gasteiger partial charge in [-0.3, -0.25) is 9.69 Å². The van der Waals surface area contributed by atoms with Gasteiger partial charge in [0, 0.05) is 48.3 Å². The number of nitrogens with zero attached hydrogens (tertiary/aromatic N) is 3. The molecule has 0 unspecified atom stereocenters. The Hall–Kier alpha value is -5.28. The van der Waals surface area contributed by atoms with Crippen molar-refractivity contribution in [3.63, 3.8) is 0 Å². The predicted octanol–water partition coefficient (Wildman–Crippen LogP) is 4.79. The molecule has 3 aromatic heterocycles. The van der Waals surface area contributed by atoms with Gasteiger partial charge in [-0.2, -0.15) is 9.97 Å². The molecule has 2 atom stereocenters. The summed E-state index contributed by atoms with van der Waals surface area (Å²) in [6.07, 6.45) is 8.34. The Balaban J connectivity index is 1.38. The van der Waals surface area contributed by atoms with Crippen LogP contribution in [-0.2, 0) is 6.54 Å². The summed E-state index contributed by atoms with van der Waals surface area (Å²) in [5, 5.41) is 14.5. The van der Waals surface area contributed by atoms with Crippen molar-refractivity contribution in [1.29, 1.82) is 0 Å². The number of phenolic OH excluding ortho intramolecular Hbond substituents is 1. The van der Waals surface area contributed by atoms with Crippen LogP contribution in [0.4, 0.5) is 14.6 Å². The zero-order valence-electron chi connectivity index (χ0n) is 24.8. The number of aryl methyl sites for hydroxylation is 1. The minimum atomic E-state index is -0.944. The van der Waals surface area contributed by atoms with Crippen molar-refractivity contribution < 1.29 is 23.0 Å². The quantitative estimate of drug-likeness (QED) is 0.218. The van der Waals surface area contributed by atoms with Crippen LogP contribution >= 0.6 is 0 Å². The monoisotopic (exact) mass is 625 g/mol. The van der Waals surface area contributed by atoms with Crippen LogP contribution in [0.1, 0.15) is 36.0 Å². The number of benzene rings is 2. The number of H-pyrrole nitrogens is 1. The molecule has 3 N–H and O–H groups in total. The highest BCUT2D eigenvalue weighted by molar-refractivity contribution is 6.03. The van der Waals surface area contributed by atoms with E-state index in [0.717, 1.165) is 19.4 Å². The molecule has 0 radical (unpaired) electrons. The maximum atomic E-state index is 14.8. The normalized spacial score (nSPS) is 19.4. The number of rotatable bonds is 7. The molecule has 2 fully saturated rings. The van der Waals surface area contributed by atoms with E-state index in [9.17, 15) is 23.5 Å². The van der Waals surface area contributed by atoms with Crippen LogP contribution in [0.25, 0.3) is 33.0 Å². The smallest absolute Gasteiger partial charge is 0.349 e. The van der Waals surface area contributed by atoms with Gasteiger partial charge in [-0.1, -0.05) is 18.1 Å². The molecule has 2 aliphatic heterocycles. The molecule has 5 aromatic rings. The Bertz CT molecular complexity index is 2170. The summed E-state index contributed by atoms with van der Waals surface area (Å²) in [5.74, 6) is 1.75. The Morgan fingerprint density at radius 1 is 1.24 bits per heavy atom. The maximum Gasteiger partial charge on any atom is 0.349 e. The molecule has 0 spiro atoms. The highest BCUT2D eigenvalue weighted by Gasteiger charge is 2.49. The van der Waals surface area contributed by atoms with Gasteiger partial charge in [0.2, 0.25) is 5.56 Å². The molecular weight excluding hydrogens is 596 g/mol. The third-order valence-electron chi connectivity index (χ3n) is 8.96. The summed E-state index contributed by atoms with van der Waals surface area (Å²) in [7, 11) is 0. The lowest BCUT2D eigenvalue weighted by molar-refractivity contribution is 0.107. The van der Waals surface area contributed by atoms with Crippen molar-refractivity contribution in [2.45, 2.75) is 44.4 Å². The Morgan fingerprint density at radius 2 is 2.09 bits per heavy atom. The second-order valence-electron chi connectivity index (χ2n) is 11.9. The van der Waals surface area contributed by atoms with E-state index < -0.39 is 23.2 Å². The highest BCUT2D eigenvalue weighted by Crippen LogP contribution is 2.41. The fraction of sp³-hybridized carbons (Fsp3) is 0.294. The van der Waals surface area contributed by atoms with Crippen LogP contribution in [0.3, 0.4) is 0 Å². The molecule has 2 aromatic carbocycles. The number of aromatic nitrogens is 3. The zero-order valence-corrected chi connectivity index (χ0v) is 24.8. The SMILES string of the molecule is C#Cc1c(F)ccc2cc(O)cc(-c3oc(=O)c4c(NCc5ccc(=O)[nH]c5)nc(OC[C@@]56CCCN5C[C@H](F)C6)nc4c3C)c12. The molecule has 10 nitrogen and oxygen atoms in total. The van der Waals surface area contributed by atoms with Gasteiger partial charge in [-0.25, -0.2) is 13.6 Å². The number of terminal acetylenes is 1. The first kappa shape index (κ1) is 29.4. The minimum absolute atomic E-state index is 0.0317. The van der Waals surface area contributed by atoms with Crippen LogP contribution in [0, 0.1) is 25.1 Å². The number of halogens is 2. The van der Waals surface area contributed by atoms with Crippen molar-refractivity contribution in [1.82, 2.24) is 19.9 Å². The fourth-order valence-electron chi connectivity index (χ4n) is 6.81. The van der Waals surface area contributed by atoms with E-state index in [4.69, 9.17) is 15.6 Å². The molecule has 0 aliphatic carbocycles. The van der Waals surface area contributed by atoms with E-state index in [2.05, 4.69) is 31.1 Å². The van der Waals surface area contributed by atoms with Gasteiger partial charge in [0.15, 0.2) is 0 Å². The average molecular weight is 626 g/mol. The third-order valence-corrected chi connectivity index (χ3v) is 8.96. The number of nitrogens with one attached hydrogen (secondary N) is 2. The minimum Gasteiger partial charge on any atom is -0.508 e. The summed E-state index contributed by atoms with van der Waals surface area (Å²) in [6.45, 7) is 3.17. The van der Waals surface area contributed by atoms with E-state index in [1.165, 1.54) is 30.3 Å². The number of phenols is 1. The van der Waals surface area contributed by atoms with Crippen molar-refractivity contribution in [3.8, 4) is 35.4 Å². The van der Waals surface area contributed by atoms with Crippen molar-refractivity contribution in [3.05, 3.63) is 85.9 Å². The Kier molecular flexibility index (Phi) is 7.21. The number of pyridine rings is 1. The Labute approximate surface area is 261 Å². The van der Waals surface area contributed by atoms with Gasteiger partial charge < -0.3 is 24.6 Å². The fourth-order valence-corrected chi connectivity index (χ4v) is 6.81. The summed E-state index contributed by atoms with van der Waals surface area (Å²) < 4.78 is 41.3. The first-order chi connectivity index (χ1) is 22.2. The summed E-state index contributed by atoms with van der Waals surface area (Å²) in [5.41, 5.74) is -0.0565. The molecule has 5 heterocycles. The maximum absolute atomic E-state index is 14.8. The van der Waals surface area contributed by atoms with Crippen LogP contribution in [0.2, 0.25) is 0 Å². The van der Waals surface area contributed by atoms with Crippen molar-refractivity contribution in [2.24, 2.45) is 0 Å². The number of hydrogen-bond acceptors (Lipinski definition) is 9. The predicted molar refractivity (Wildman–Crippen MR) is 168 cm³/mol. The first-order valence-corrected chi connectivity index (χ1v) is 14.9. The largest absolute Gasteiger partial charge is 0.508 e. The van der Waals surface area contributed by atoms with Crippen LogP contribution in [0.15, 0.2) is 56.6 Å². The molecule has 12 heteroatoms. The van der Waals surface area contributed by atoms with E-state index >= 15 is 0 Å². The average Bonchev–Trinajstić information content (AvgIpc) is 3.56. The molecular formula is C34H29F2N5O5. The number of fused-ring (bicyclic) bond motifs is 3. The lowest BCUT2D eigenvalue weighted by Gasteiger charge is -2.30. The van der Waals surface area contributed by atoms with Gasteiger partial charge in [0.25, 0.3) is 0 Å². The van der Waals surface area contributed by atoms with E-state index in [1.54, 1.807) is 19.2 Å². The molecule has 234 valence electrons. The lowest BCUT2D eigenvalue weighted by Crippen LogP contribution is -2.43. The molecule has 0 saturated carbocycles. The molecule has 46 heavy (non-hydrogen) atoms. The van der Waals surface area contributed by atoms with E-state index in [1.807, 2.05) is 0 Å². The van der Waals surface area contributed by atoms with E-state index in [-0.39, 0.29) is 69.5 Å². The zero-order chi connectivity index (χ0) is 32.2. The van der Waals surface area contributed by atoms with Gasteiger partial charge in [0.05, 0.1) is 16.6 Å². The van der Waals surface area contributed by atoms with Gasteiger partial charge in [0.1, 0.15) is 41.3 Å². The molecule has 2 aliphatic rings. The first-order valence-electron chi connectivity index (χ1n) is 14.9. The standard InChI is InChI=1S/C34H29F2N5O5/c1-3-23-25(36)7-6-20-11-22(42)12-24(27(20)23)30-18(2)29-28(32(44)46-30)31(38-15-19-5-8-26(43)37-14-19)40-33(39-29)45-17-34-9-4-10-41(34)16-21(35)13-34/h1,5-8,11-12,14,21,42H,4,9-10,13,15-17H2,2H3,(H,37,43)(H,38,39,40)/t21-,34+/m1/s1. The van der Waals surface area contributed by atoms with Crippen LogP contribution in [0.5, 0.6) is 11.8 Å². The Morgan fingerprint density at radius 3 is 2.87 bits per heavy atom. The summed E-state index contributed by atoms with van der Waals surface area (Å²) >= 11 is 0. The molecule has 0 bridgehead atoms. The second kappa shape index (κ2) is 11.3. The molecule has 0 amide bonds. The van der Waals surface area contributed by atoms with E-state index in [0.29, 0.717) is 29.5 Å². The summed E-state index contributed by atoms with van der Waals surface area (Å²) in [4.78, 5) is 39.1. The number of aromatic amines is 1. The lowest BCUT2D eigenvalue weighted by atomic mass is 9.95. The summed E-state index contributed by atoms with van der Waals surface area (Å²) in [6, 6.07) is 8.47. The van der Waals surface area contributed by atoms with Crippen LogP contribution in [-0.4, -0.2) is 56.4 Å². The molecule has 2 saturated heterocycles. The second-order valence-corrected chi connectivity index (χ2v) is 11.9. The van der Waals surface area contributed by atoms with Gasteiger partial charge in [-0.15, -0.1) is 6.42 Å². The van der Waals surface area contributed by atoms with Crippen molar-refractivity contribution in [2.75, 3.05) is 25.0 Å². The topological polar surface area (TPSA) is 134 Å². The third kappa shape index (κ3) is 5.02. The van der Waals surface area contributed by atoms with Gasteiger partial charge in [-0.05, 0) is 55.5 Å². The van der Waals surface area contributed by atoms with Crippen molar-refractivity contribution >= 4 is 27.5 Å². The number of hydrogen-bond donors (Lipinski definition) is 3. The number of aromatic hydroxyl groups is 1. The van der Waals surface area contributed by atoms with Crippen LogP contribution < -0.4 is 21.2 Å². The van der Waals surface area contributed by atoms with Gasteiger partial charge >= 0.3 is 11.6 Å². The molecule has 7 rings (SSSR count). The number of ether oxygens (including phenoxy) is 1. The highest BCUT2D eigenvalue weighted by atomic mass is 19.1. The number of anilines is 1. The number of alkyl halides is 1.